The predicted octanol–water partition coefficient (Wildman–Crippen LogP) is 1.15. The Kier molecular flexibility index (Phi) is 1.90. The van der Waals surface area contributed by atoms with Gasteiger partial charge < -0.3 is 5.11 Å². The molecule has 0 atom stereocenters. The molecule has 0 spiro atoms. The number of hydrogen-bond donors (Lipinski definition) is 1. The molecule has 0 saturated carbocycles. The van der Waals surface area contributed by atoms with E-state index in [1.807, 2.05) is 0 Å². The standard InChI is InChI=1S/C4H6F2O/c1-2-3-4(5,6)7/h2-3,7H,1H3. The Morgan fingerprint density at radius 2 is 2.00 bits per heavy atom. The van der Waals surface area contributed by atoms with Crippen LogP contribution in [0.1, 0.15) is 6.92 Å². The second-order valence-electron chi connectivity index (χ2n) is 1.09. The predicted molar refractivity (Wildman–Crippen MR) is 22.0 cm³/mol. The van der Waals surface area contributed by atoms with Crippen molar-refractivity contribution in [2.45, 2.75) is 13.0 Å². The minimum Gasteiger partial charge on any atom is -0.333 e. The highest BCUT2D eigenvalue weighted by molar-refractivity contribution is 4.84. The zero-order chi connectivity index (χ0) is 5.91. The van der Waals surface area contributed by atoms with Gasteiger partial charge in [0.05, 0.1) is 0 Å². The van der Waals surface area contributed by atoms with Gasteiger partial charge in [-0.25, -0.2) is 0 Å². The molecule has 7 heavy (non-hydrogen) atoms. The van der Waals surface area contributed by atoms with Crippen LogP contribution < -0.4 is 0 Å². The third-order valence-corrected chi connectivity index (χ3v) is 0.367. The van der Waals surface area contributed by atoms with Crippen molar-refractivity contribution in [1.82, 2.24) is 0 Å². The fourth-order valence-corrected chi connectivity index (χ4v) is 0.201. The number of alkyl halides is 2. The zero-order valence-corrected chi connectivity index (χ0v) is 3.86. The SMILES string of the molecule is CC=CC(O)(F)F. The molecule has 1 nitrogen and oxygen atoms in total. The highest BCUT2D eigenvalue weighted by Crippen LogP contribution is 2.07. The number of hydrogen-bond acceptors (Lipinski definition) is 1. The van der Waals surface area contributed by atoms with Gasteiger partial charge in [0.2, 0.25) is 0 Å². The lowest BCUT2D eigenvalue weighted by Gasteiger charge is -1.97. The van der Waals surface area contributed by atoms with Gasteiger partial charge in [-0.05, 0) is 6.92 Å². The molecule has 0 aromatic carbocycles. The first-order chi connectivity index (χ1) is 3.06. The monoisotopic (exact) mass is 108 g/mol. The molecule has 0 aliphatic rings. The Labute approximate surface area is 40.3 Å². The maximum Gasteiger partial charge on any atom is 0.373 e. The highest BCUT2D eigenvalue weighted by Gasteiger charge is 2.17. The maximum absolute atomic E-state index is 11.2. The van der Waals surface area contributed by atoms with E-state index in [0.29, 0.717) is 6.08 Å². The third-order valence-electron chi connectivity index (χ3n) is 0.367. The van der Waals surface area contributed by atoms with E-state index in [1.165, 1.54) is 6.92 Å². The summed E-state index contributed by atoms with van der Waals surface area (Å²) in [6.45, 7) is 1.41. The van der Waals surface area contributed by atoms with Crippen LogP contribution >= 0.6 is 0 Å². The van der Waals surface area contributed by atoms with Gasteiger partial charge in [-0.3, -0.25) is 0 Å². The van der Waals surface area contributed by atoms with E-state index in [-0.39, 0.29) is 0 Å². The molecule has 0 aromatic heterocycles. The van der Waals surface area contributed by atoms with Crippen LogP contribution in [0, 0.1) is 0 Å². The lowest BCUT2D eigenvalue weighted by atomic mass is 10.5. The Balaban J connectivity index is 3.56. The van der Waals surface area contributed by atoms with Gasteiger partial charge in [0.1, 0.15) is 0 Å². The molecule has 0 unspecified atom stereocenters. The summed E-state index contributed by atoms with van der Waals surface area (Å²) >= 11 is 0. The van der Waals surface area contributed by atoms with Gasteiger partial charge >= 0.3 is 6.11 Å². The van der Waals surface area contributed by atoms with Gasteiger partial charge in [0, 0.05) is 6.08 Å². The van der Waals surface area contributed by atoms with Gasteiger partial charge in [-0.2, -0.15) is 8.78 Å². The van der Waals surface area contributed by atoms with Crippen molar-refractivity contribution < 1.29 is 13.9 Å². The molecular weight excluding hydrogens is 102 g/mol. The lowest BCUT2D eigenvalue weighted by molar-refractivity contribution is -0.154. The average molecular weight is 108 g/mol. The van der Waals surface area contributed by atoms with Crippen molar-refractivity contribution in [3.05, 3.63) is 12.2 Å². The summed E-state index contributed by atoms with van der Waals surface area (Å²) in [4.78, 5) is 0. The topological polar surface area (TPSA) is 20.2 Å². The van der Waals surface area contributed by atoms with E-state index < -0.39 is 6.11 Å². The van der Waals surface area contributed by atoms with Crippen LogP contribution in [0.3, 0.4) is 0 Å². The average Bonchev–Trinajstić information content (AvgIpc) is 1.30. The first-order valence-electron chi connectivity index (χ1n) is 1.80. The Morgan fingerprint density at radius 3 is 2.00 bits per heavy atom. The molecule has 0 saturated heterocycles. The van der Waals surface area contributed by atoms with Crippen molar-refractivity contribution in [3.63, 3.8) is 0 Å². The molecule has 3 heteroatoms. The zero-order valence-electron chi connectivity index (χ0n) is 3.86. The summed E-state index contributed by atoms with van der Waals surface area (Å²) in [7, 11) is 0. The van der Waals surface area contributed by atoms with Crippen LogP contribution in [-0.4, -0.2) is 11.2 Å². The Hall–Kier alpha value is -0.440. The van der Waals surface area contributed by atoms with E-state index in [4.69, 9.17) is 5.11 Å². The van der Waals surface area contributed by atoms with Crippen molar-refractivity contribution in [3.8, 4) is 0 Å². The summed E-state index contributed by atoms with van der Waals surface area (Å²) in [5, 5.41) is 7.60. The van der Waals surface area contributed by atoms with Crippen molar-refractivity contribution in [1.29, 1.82) is 0 Å². The molecule has 0 aliphatic carbocycles. The van der Waals surface area contributed by atoms with Crippen LogP contribution in [0.5, 0.6) is 0 Å². The normalized spacial score (nSPS) is 13.1. The second-order valence-corrected chi connectivity index (χ2v) is 1.09. The van der Waals surface area contributed by atoms with Gasteiger partial charge in [-0.1, -0.05) is 6.08 Å². The van der Waals surface area contributed by atoms with E-state index in [9.17, 15) is 8.78 Å². The minimum atomic E-state index is -3.63. The number of allylic oxidation sites excluding steroid dienone is 1. The molecule has 0 aromatic rings. The molecule has 1 N–H and O–H groups in total. The first-order valence-corrected chi connectivity index (χ1v) is 1.80. The lowest BCUT2D eigenvalue weighted by Crippen LogP contribution is -2.08. The molecule has 42 valence electrons. The quantitative estimate of drug-likeness (QED) is 0.499. The van der Waals surface area contributed by atoms with Crippen LogP contribution in [0.2, 0.25) is 0 Å². The van der Waals surface area contributed by atoms with Gasteiger partial charge in [0.15, 0.2) is 0 Å². The Morgan fingerprint density at radius 1 is 1.57 bits per heavy atom. The smallest absolute Gasteiger partial charge is 0.333 e. The van der Waals surface area contributed by atoms with Gasteiger partial charge in [0.25, 0.3) is 0 Å². The second kappa shape index (κ2) is 2.02. The highest BCUT2D eigenvalue weighted by atomic mass is 19.3. The van der Waals surface area contributed by atoms with Gasteiger partial charge in [-0.15, -0.1) is 0 Å². The summed E-state index contributed by atoms with van der Waals surface area (Å²) in [5.74, 6) is 0. The fourth-order valence-electron chi connectivity index (χ4n) is 0.201. The molecule has 0 amide bonds. The fraction of sp³-hybridized carbons (Fsp3) is 0.500. The number of aliphatic hydroxyl groups is 1. The van der Waals surface area contributed by atoms with E-state index in [0.717, 1.165) is 6.08 Å². The summed E-state index contributed by atoms with van der Waals surface area (Å²) in [6, 6.07) is 0. The van der Waals surface area contributed by atoms with Crippen LogP contribution in [0.4, 0.5) is 8.78 Å². The number of rotatable bonds is 1. The summed E-state index contributed by atoms with van der Waals surface area (Å²) in [5.41, 5.74) is 0. The van der Waals surface area contributed by atoms with E-state index in [1.54, 1.807) is 0 Å². The molecule has 0 rings (SSSR count). The largest absolute Gasteiger partial charge is 0.373 e. The molecule has 0 radical (unpaired) electrons. The van der Waals surface area contributed by atoms with Crippen LogP contribution in [-0.2, 0) is 0 Å². The van der Waals surface area contributed by atoms with Crippen molar-refractivity contribution >= 4 is 0 Å². The van der Waals surface area contributed by atoms with Crippen LogP contribution in [0.25, 0.3) is 0 Å². The Bertz CT molecular complexity index is 72.2. The minimum absolute atomic E-state index is 0.410. The number of halogens is 2. The van der Waals surface area contributed by atoms with Crippen LogP contribution in [0.15, 0.2) is 12.2 Å². The molecule has 0 heterocycles. The summed E-state index contributed by atoms with van der Waals surface area (Å²) in [6.07, 6.45) is -2.14. The van der Waals surface area contributed by atoms with Crippen molar-refractivity contribution in [2.24, 2.45) is 0 Å². The molecule has 0 bridgehead atoms. The summed E-state index contributed by atoms with van der Waals surface area (Å²) < 4.78 is 22.4. The third kappa shape index (κ3) is 5.56. The molecular formula is C4H6F2O. The maximum atomic E-state index is 11.2. The van der Waals surface area contributed by atoms with E-state index >= 15 is 0 Å². The van der Waals surface area contributed by atoms with Crippen molar-refractivity contribution in [2.75, 3.05) is 0 Å². The first kappa shape index (κ1) is 6.56. The molecule has 0 fully saturated rings. The molecule has 0 aliphatic heterocycles. The van der Waals surface area contributed by atoms with E-state index in [2.05, 4.69) is 0 Å².